The monoisotopic (exact) mass is 1750 g/mol. The number of hydrogen-bond acceptors (Lipinski definition) is 0. The maximum Gasteiger partial charge on any atom is 0.0714 e. The van der Waals surface area contributed by atoms with E-state index < -0.39 is 10.8 Å². The molecule has 0 radical (unpaired) electrons. The zero-order valence-electron chi connectivity index (χ0n) is 75.6. The molecule has 138 heavy (non-hydrogen) atoms. The summed E-state index contributed by atoms with van der Waals surface area (Å²) in [5.41, 5.74) is 42.9. The van der Waals surface area contributed by atoms with Gasteiger partial charge < -0.3 is 18.3 Å². The summed E-state index contributed by atoms with van der Waals surface area (Å²) in [6.45, 7) is 0. The summed E-state index contributed by atoms with van der Waals surface area (Å²) in [6, 6.07) is 197. The second-order valence-electron chi connectivity index (χ2n) is 36.8. The van der Waals surface area contributed by atoms with Crippen molar-refractivity contribution >= 4 is 87.2 Å². The van der Waals surface area contributed by atoms with Gasteiger partial charge in [-0.25, -0.2) is 0 Å². The van der Waals surface area contributed by atoms with Gasteiger partial charge in [-0.1, -0.05) is 400 Å². The molecule has 0 spiro atoms. The normalized spacial score (nSPS) is 12.8. The van der Waals surface area contributed by atoms with Gasteiger partial charge in [-0.15, -0.1) is 0 Å². The van der Waals surface area contributed by atoms with Crippen LogP contribution in [-0.4, -0.2) is 18.3 Å². The Morgan fingerprint density at radius 3 is 0.739 bits per heavy atom. The third-order valence-electron chi connectivity index (χ3n) is 29.6. The second-order valence-corrected chi connectivity index (χ2v) is 36.8. The lowest BCUT2D eigenvalue weighted by Crippen LogP contribution is -2.28. The summed E-state index contributed by atoms with van der Waals surface area (Å²) in [6.07, 6.45) is 0. The van der Waals surface area contributed by atoms with Gasteiger partial charge in [0.15, 0.2) is 0 Å². The van der Waals surface area contributed by atoms with Gasteiger partial charge in [0.05, 0.1) is 55.0 Å². The molecule has 2 aliphatic carbocycles. The van der Waals surface area contributed by atoms with E-state index >= 15 is 0 Å². The van der Waals surface area contributed by atoms with E-state index in [1.54, 1.807) is 0 Å². The summed E-state index contributed by atoms with van der Waals surface area (Å²) < 4.78 is 9.82. The first-order valence-electron chi connectivity index (χ1n) is 47.8. The first kappa shape index (κ1) is 79.8. The number of nitrogens with zero attached hydrogens (tertiary/aromatic N) is 4. The van der Waals surface area contributed by atoms with Gasteiger partial charge >= 0.3 is 0 Å². The summed E-state index contributed by atoms with van der Waals surface area (Å²) in [7, 11) is 0. The Kier molecular flexibility index (Phi) is 18.8. The molecule has 0 atom stereocenters. The molecule has 0 N–H and O–H groups in total. The molecular formula is C134H88N4. The summed E-state index contributed by atoms with van der Waals surface area (Å²) in [4.78, 5) is 0. The Balaban J connectivity index is 0.000000139. The van der Waals surface area contributed by atoms with Crippen LogP contribution in [0.15, 0.2) is 534 Å². The van der Waals surface area contributed by atoms with Crippen LogP contribution in [0.4, 0.5) is 0 Å². The molecule has 0 saturated carbocycles. The molecular weight excluding hydrogens is 1670 g/mol. The molecule has 0 bridgehead atoms. The van der Waals surface area contributed by atoms with Crippen LogP contribution in [-0.2, 0) is 10.8 Å². The van der Waals surface area contributed by atoms with Crippen LogP contribution in [0, 0.1) is 0 Å². The number of fused-ring (bicyclic) bond motifs is 18. The highest BCUT2D eigenvalue weighted by Gasteiger charge is 2.48. The fourth-order valence-electron chi connectivity index (χ4n) is 23.5. The van der Waals surface area contributed by atoms with Crippen LogP contribution in [0.2, 0.25) is 0 Å². The molecule has 4 heteroatoms. The highest BCUT2D eigenvalue weighted by atomic mass is 15.0. The van der Waals surface area contributed by atoms with E-state index in [-0.39, 0.29) is 0 Å². The van der Waals surface area contributed by atoms with Crippen molar-refractivity contribution in [2.24, 2.45) is 0 Å². The van der Waals surface area contributed by atoms with E-state index in [1.807, 2.05) is 0 Å². The highest BCUT2D eigenvalue weighted by Crippen LogP contribution is 2.60. The molecule has 0 unspecified atom stereocenters. The van der Waals surface area contributed by atoms with Crippen LogP contribution in [0.25, 0.3) is 199 Å². The quantitative estimate of drug-likeness (QED) is 0.103. The lowest BCUT2D eigenvalue weighted by molar-refractivity contribution is 0.769. The van der Waals surface area contributed by atoms with E-state index in [9.17, 15) is 0 Å². The van der Waals surface area contributed by atoms with Crippen molar-refractivity contribution < 1.29 is 0 Å². The third kappa shape index (κ3) is 12.6. The average Bonchev–Trinajstić information content (AvgIpc) is 1.52. The Labute approximate surface area is 800 Å². The van der Waals surface area contributed by atoms with Crippen molar-refractivity contribution in [2.45, 2.75) is 10.8 Å². The first-order chi connectivity index (χ1) is 68.4. The number of para-hydroxylation sites is 2. The van der Waals surface area contributed by atoms with Crippen molar-refractivity contribution in [2.75, 3.05) is 0 Å². The van der Waals surface area contributed by atoms with Gasteiger partial charge in [0.1, 0.15) is 0 Å². The topological polar surface area (TPSA) is 19.7 Å². The Bertz CT molecular complexity index is 9170. The predicted molar refractivity (Wildman–Crippen MR) is 577 cm³/mol. The van der Waals surface area contributed by atoms with Crippen LogP contribution >= 0.6 is 0 Å². The van der Waals surface area contributed by atoms with Crippen LogP contribution < -0.4 is 0 Å². The van der Waals surface area contributed by atoms with E-state index in [0.717, 1.165) is 22.7 Å². The average molecular weight is 1750 g/mol. The smallest absolute Gasteiger partial charge is 0.0714 e. The second kappa shape index (κ2) is 32.5. The van der Waals surface area contributed by atoms with Crippen molar-refractivity contribution in [1.29, 1.82) is 0 Å². The van der Waals surface area contributed by atoms with Crippen molar-refractivity contribution in [3.63, 3.8) is 0 Å². The SMILES string of the molecule is c1ccc(-c2ccc(-n3c4ccccc4c4cc(-c5ccc6c(c5)c5cc7c(cc5n6-c5cccc(-c6ccccc6)c5)-c5ccccc5C7(c5ccccc5)c5ccccc5)ccc43)cc2)cc1.c1ccc(-c2ccc(-n3c4ccccc4c4cc(-c5ccc6c(c5)c5cc7c(cc5n6-c5cccc(-c6ccccc6)c5)C(c5ccccc5)(c5ccccc5)c5ccccc5-7)ccc43)cc2)cc1. The molecule has 0 amide bonds. The van der Waals surface area contributed by atoms with E-state index in [4.69, 9.17) is 0 Å². The largest absolute Gasteiger partial charge is 0.309 e. The summed E-state index contributed by atoms with van der Waals surface area (Å²) in [5, 5.41) is 9.88. The molecule has 2 aliphatic rings. The molecule has 4 heterocycles. The van der Waals surface area contributed by atoms with Gasteiger partial charge in [-0.3, -0.25) is 0 Å². The molecule has 0 fully saturated rings. The van der Waals surface area contributed by atoms with Crippen LogP contribution in [0.1, 0.15) is 44.5 Å². The number of benzene rings is 22. The fraction of sp³-hybridized carbons (Fsp3) is 0.0149. The van der Waals surface area contributed by atoms with Crippen LogP contribution in [0.3, 0.4) is 0 Å². The standard InChI is InChI=1S/2C67H44N2/c1-5-18-45(19-6-1)47-32-36-53(37-33-47)68-63-31-16-14-29-56(63)58-41-49(34-38-64(58)68)50-35-39-65-59(42-50)60-43-62-57(44-66(60)69(65)54-27-17-22-48(40-54)46-20-7-2-8-21-46)55-28-13-15-30-61(55)67(62,51-23-9-3-10-24-51)52-25-11-4-12-26-52;1-5-18-45(19-6-1)47-32-36-53(37-33-47)68-63-31-16-14-29-56(63)58-41-49(34-38-64(58)68)50-35-39-65-59(42-50)60-43-57-55-28-13-15-30-61(55)67(51-23-9-3-10-24-51,52-25-11-4-12-26-52)62(57)44-66(60)69(65)54-27-17-22-48(40-54)46-20-7-2-8-21-46/h2*1-44H. The maximum absolute atomic E-state index is 2.54. The highest BCUT2D eigenvalue weighted by molar-refractivity contribution is 6.17. The zero-order chi connectivity index (χ0) is 90.9. The van der Waals surface area contributed by atoms with Gasteiger partial charge in [-0.2, -0.15) is 0 Å². The van der Waals surface area contributed by atoms with Crippen LogP contribution in [0.5, 0.6) is 0 Å². The molecule has 4 aromatic heterocycles. The lowest BCUT2D eigenvalue weighted by atomic mass is 9.67. The molecule has 22 aromatic carbocycles. The van der Waals surface area contributed by atoms with E-state index in [0.29, 0.717) is 0 Å². The van der Waals surface area contributed by atoms with E-state index in [2.05, 4.69) is 552 Å². The molecule has 4 nitrogen and oxygen atoms in total. The fourth-order valence-corrected chi connectivity index (χ4v) is 23.5. The van der Waals surface area contributed by atoms with Crippen molar-refractivity contribution in [3.05, 3.63) is 578 Å². The minimum atomic E-state index is -0.514. The minimum absolute atomic E-state index is 0.511. The molecule has 0 saturated heterocycles. The number of hydrogen-bond donors (Lipinski definition) is 0. The van der Waals surface area contributed by atoms with Crippen molar-refractivity contribution in [1.82, 2.24) is 18.3 Å². The Hall–Kier alpha value is -18.0. The minimum Gasteiger partial charge on any atom is -0.309 e. The Morgan fingerprint density at radius 1 is 0.116 bits per heavy atom. The first-order valence-corrected chi connectivity index (χ1v) is 47.8. The molecule has 0 aliphatic heterocycles. The third-order valence-corrected chi connectivity index (χ3v) is 29.6. The summed E-state index contributed by atoms with van der Waals surface area (Å²) in [5.74, 6) is 0. The number of rotatable bonds is 14. The zero-order valence-corrected chi connectivity index (χ0v) is 75.6. The Morgan fingerprint density at radius 2 is 0.362 bits per heavy atom. The van der Waals surface area contributed by atoms with Gasteiger partial charge in [0, 0.05) is 65.8 Å². The number of aromatic nitrogens is 4. The van der Waals surface area contributed by atoms with E-state index in [1.165, 1.54) is 221 Å². The molecule has 644 valence electrons. The van der Waals surface area contributed by atoms with Gasteiger partial charge in [0.2, 0.25) is 0 Å². The van der Waals surface area contributed by atoms with Gasteiger partial charge in [0.25, 0.3) is 0 Å². The van der Waals surface area contributed by atoms with Gasteiger partial charge in [-0.05, 0) is 267 Å². The molecule has 28 rings (SSSR count). The van der Waals surface area contributed by atoms with Crippen molar-refractivity contribution in [3.8, 4) is 112 Å². The lowest BCUT2D eigenvalue weighted by Gasteiger charge is -2.34. The molecule has 26 aromatic rings. The summed E-state index contributed by atoms with van der Waals surface area (Å²) >= 11 is 0. The maximum atomic E-state index is 2.54. The predicted octanol–water partition coefficient (Wildman–Crippen LogP) is 34.5.